The zero-order chi connectivity index (χ0) is 41.6. The number of β-amino-alcohol motifs (C(OH)–C–C–N with tert-alkyl or cyclic N) is 1. The molecule has 0 spiro atoms. The Labute approximate surface area is 341 Å². The van der Waals surface area contributed by atoms with E-state index < -0.39 is 41.3 Å². The van der Waals surface area contributed by atoms with E-state index in [1.165, 1.54) is 4.90 Å². The number of carbonyl (C=O) groups is 4. The van der Waals surface area contributed by atoms with Gasteiger partial charge in [0, 0.05) is 36.8 Å². The molecule has 306 valence electrons. The smallest absolute Gasteiger partial charge is 0.274 e. The highest BCUT2D eigenvalue weighted by Crippen LogP contribution is 2.30. The zero-order valence-electron chi connectivity index (χ0n) is 33.2. The molecule has 0 saturated carbocycles. The Morgan fingerprint density at radius 1 is 0.983 bits per heavy atom. The highest BCUT2D eigenvalue weighted by atomic mass is 32.1. The number of aryl methyl sites for hydroxylation is 1. The number of rotatable bonds is 15. The van der Waals surface area contributed by atoms with Crippen molar-refractivity contribution < 1.29 is 39.0 Å². The third-order valence-electron chi connectivity index (χ3n) is 10.2. The molecule has 1 aliphatic heterocycles. The Morgan fingerprint density at radius 2 is 1.72 bits per heavy atom. The van der Waals surface area contributed by atoms with Crippen molar-refractivity contribution in [2.24, 2.45) is 5.41 Å². The Hall–Kier alpha value is -5.61. The number of hydrogen-bond acceptors (Lipinski definition) is 10. The van der Waals surface area contributed by atoms with E-state index in [4.69, 9.17) is 14.7 Å². The molecule has 0 radical (unpaired) electrons. The van der Waals surface area contributed by atoms with E-state index in [9.17, 15) is 24.3 Å². The van der Waals surface area contributed by atoms with Crippen molar-refractivity contribution in [3.63, 3.8) is 0 Å². The number of benzene rings is 3. The standard InChI is InChI=1S/C43H50N6O8S/c1-26(29-8-11-31(12-9-29)38-27(2)44-25-58-38)45-41(53)36-21-33(50)23-49(36)42(54)39(43(3,4)5)46-37(51)24-56-18-19-57-34-14-6-28(7-15-34)22-48-17-16-30-10-13-32(20-35(30)48)40(52)47-55/h6-17,20,25-26,33,36,39,50,55H,18-19,21-24H2,1-5H3,(H,45,53)(H,46,51)(H,47,52)/t26-,33+,36-,39+/m0/s1. The van der Waals surface area contributed by atoms with Crippen molar-refractivity contribution >= 4 is 45.9 Å². The first-order valence-electron chi connectivity index (χ1n) is 19.1. The minimum absolute atomic E-state index is 0.0267. The van der Waals surface area contributed by atoms with Gasteiger partial charge in [-0.2, -0.15) is 0 Å². The molecule has 3 aromatic carbocycles. The fraction of sp³-hybridized carbons (Fsp3) is 0.372. The lowest BCUT2D eigenvalue weighted by Gasteiger charge is -2.35. The molecule has 0 unspecified atom stereocenters. The molecule has 58 heavy (non-hydrogen) atoms. The molecule has 4 atom stereocenters. The fourth-order valence-corrected chi connectivity index (χ4v) is 7.83. The van der Waals surface area contributed by atoms with Crippen molar-refractivity contribution in [3.05, 3.63) is 107 Å². The summed E-state index contributed by atoms with van der Waals surface area (Å²) in [6.45, 7) is 9.84. The molecule has 2 aromatic heterocycles. The number of carbonyl (C=O) groups excluding carboxylic acids is 4. The highest BCUT2D eigenvalue weighted by Gasteiger charge is 2.44. The normalized spacial score (nSPS) is 16.5. The Bertz CT molecular complexity index is 2230. The maximum absolute atomic E-state index is 14.0. The van der Waals surface area contributed by atoms with Crippen LogP contribution in [0.2, 0.25) is 0 Å². The van der Waals surface area contributed by atoms with Crippen molar-refractivity contribution in [2.75, 3.05) is 26.4 Å². The number of aromatic nitrogens is 2. The molecule has 0 aliphatic carbocycles. The van der Waals surface area contributed by atoms with Crippen LogP contribution in [0.4, 0.5) is 0 Å². The second kappa shape index (κ2) is 18.3. The van der Waals surface area contributed by atoms with Crippen LogP contribution in [-0.4, -0.2) is 92.9 Å². The van der Waals surface area contributed by atoms with Gasteiger partial charge in [0.15, 0.2) is 0 Å². The number of hydrogen-bond donors (Lipinski definition) is 5. The monoisotopic (exact) mass is 810 g/mol. The van der Waals surface area contributed by atoms with Gasteiger partial charge in [-0.1, -0.05) is 63.2 Å². The predicted molar refractivity (Wildman–Crippen MR) is 219 cm³/mol. The topological polar surface area (TPSA) is 184 Å². The number of nitrogens with zero attached hydrogens (tertiary/aromatic N) is 3. The summed E-state index contributed by atoms with van der Waals surface area (Å²) < 4.78 is 13.4. The van der Waals surface area contributed by atoms with Crippen molar-refractivity contribution in [2.45, 2.75) is 71.8 Å². The summed E-state index contributed by atoms with van der Waals surface area (Å²) in [6, 6.07) is 20.4. The zero-order valence-corrected chi connectivity index (χ0v) is 34.0. The summed E-state index contributed by atoms with van der Waals surface area (Å²) in [6.07, 6.45) is 1.14. The first-order valence-corrected chi connectivity index (χ1v) is 20.0. The lowest BCUT2D eigenvalue weighted by Crippen LogP contribution is -2.58. The molecule has 6 rings (SSSR count). The van der Waals surface area contributed by atoms with Crippen LogP contribution in [0.5, 0.6) is 5.75 Å². The first kappa shape index (κ1) is 42.0. The number of aliphatic hydroxyl groups excluding tert-OH is 1. The third kappa shape index (κ3) is 10.1. The number of ether oxygens (including phenoxy) is 2. The van der Waals surface area contributed by atoms with E-state index >= 15 is 0 Å². The summed E-state index contributed by atoms with van der Waals surface area (Å²) >= 11 is 1.57. The molecule has 5 N–H and O–H groups in total. The van der Waals surface area contributed by atoms with E-state index in [1.807, 2.05) is 112 Å². The second-order valence-electron chi connectivity index (χ2n) is 15.6. The maximum Gasteiger partial charge on any atom is 0.274 e. The van der Waals surface area contributed by atoms with Crippen LogP contribution in [0.3, 0.4) is 0 Å². The Kier molecular flexibility index (Phi) is 13.3. The minimum atomic E-state index is -0.981. The van der Waals surface area contributed by atoms with Gasteiger partial charge in [-0.25, -0.2) is 10.5 Å². The van der Waals surface area contributed by atoms with E-state index in [2.05, 4.69) is 15.6 Å². The van der Waals surface area contributed by atoms with E-state index in [-0.39, 0.29) is 44.7 Å². The Balaban J connectivity index is 0.967. The van der Waals surface area contributed by atoms with Gasteiger partial charge in [-0.3, -0.25) is 24.4 Å². The van der Waals surface area contributed by atoms with Gasteiger partial charge >= 0.3 is 0 Å². The van der Waals surface area contributed by atoms with E-state index in [0.717, 1.165) is 38.2 Å². The SMILES string of the molecule is Cc1ncsc1-c1ccc([C@H](C)NC(=O)[C@@H]2C[C@@H](O)CN2C(=O)[C@@H](NC(=O)COCCOc2ccc(Cn3ccc4ccc(C(=O)NO)cc43)cc2)C(C)(C)C)cc1. The molecule has 0 bridgehead atoms. The van der Waals surface area contributed by atoms with E-state index in [1.54, 1.807) is 28.9 Å². The number of likely N-dealkylation sites (tertiary alicyclic amines) is 1. The molecule has 15 heteroatoms. The van der Waals surface area contributed by atoms with Gasteiger partial charge in [-0.15, -0.1) is 11.3 Å². The van der Waals surface area contributed by atoms with Crippen LogP contribution < -0.4 is 20.9 Å². The number of thiazole rings is 1. The van der Waals surface area contributed by atoms with Crippen LogP contribution in [0, 0.1) is 12.3 Å². The van der Waals surface area contributed by atoms with E-state index in [0.29, 0.717) is 17.9 Å². The van der Waals surface area contributed by atoms with Crippen molar-refractivity contribution in [1.82, 2.24) is 30.6 Å². The molecule has 1 saturated heterocycles. The molecular weight excluding hydrogens is 761 g/mol. The molecule has 1 aliphatic rings. The van der Waals surface area contributed by atoms with Crippen LogP contribution in [0.15, 0.2) is 84.5 Å². The van der Waals surface area contributed by atoms with Crippen molar-refractivity contribution in [3.8, 4) is 16.2 Å². The average Bonchev–Trinajstić information content (AvgIpc) is 3.94. The summed E-state index contributed by atoms with van der Waals surface area (Å²) in [5.74, 6) is -1.28. The lowest BCUT2D eigenvalue weighted by molar-refractivity contribution is -0.144. The van der Waals surface area contributed by atoms with Crippen molar-refractivity contribution in [1.29, 1.82) is 0 Å². The lowest BCUT2D eigenvalue weighted by atomic mass is 9.85. The molecule has 3 heterocycles. The van der Waals surface area contributed by atoms with Crippen LogP contribution >= 0.6 is 11.3 Å². The van der Waals surface area contributed by atoms with Crippen LogP contribution in [0.1, 0.15) is 67.3 Å². The summed E-state index contributed by atoms with van der Waals surface area (Å²) in [5, 5.41) is 26.4. The minimum Gasteiger partial charge on any atom is -0.491 e. The average molecular weight is 811 g/mol. The number of amides is 4. The number of nitrogens with one attached hydrogen (secondary N) is 3. The summed E-state index contributed by atoms with van der Waals surface area (Å²) in [7, 11) is 0. The van der Waals surface area contributed by atoms with Crippen LogP contribution in [0.25, 0.3) is 21.3 Å². The number of fused-ring (bicyclic) bond motifs is 1. The third-order valence-corrected chi connectivity index (χ3v) is 11.2. The molecule has 14 nitrogen and oxygen atoms in total. The Morgan fingerprint density at radius 3 is 2.40 bits per heavy atom. The highest BCUT2D eigenvalue weighted by molar-refractivity contribution is 7.13. The largest absolute Gasteiger partial charge is 0.491 e. The van der Waals surface area contributed by atoms with Crippen LogP contribution in [-0.2, 0) is 25.7 Å². The summed E-state index contributed by atoms with van der Waals surface area (Å²) in [4.78, 5) is 59.3. The van der Waals surface area contributed by atoms with Gasteiger partial charge in [0.2, 0.25) is 17.7 Å². The first-order chi connectivity index (χ1) is 27.7. The quantitative estimate of drug-likeness (QED) is 0.0552. The van der Waals surface area contributed by atoms with Gasteiger partial charge in [0.1, 0.15) is 31.0 Å². The fourth-order valence-electron chi connectivity index (χ4n) is 7.02. The number of aliphatic hydroxyl groups is 1. The predicted octanol–water partition coefficient (Wildman–Crippen LogP) is 5.01. The molecule has 1 fully saturated rings. The van der Waals surface area contributed by atoms with Gasteiger partial charge < -0.3 is 34.7 Å². The second-order valence-corrected chi connectivity index (χ2v) is 16.4. The number of hydroxylamine groups is 1. The molecular formula is C43H50N6O8S. The van der Waals surface area contributed by atoms with Gasteiger partial charge in [0.05, 0.1) is 34.8 Å². The maximum atomic E-state index is 14.0. The molecule has 4 amide bonds. The summed E-state index contributed by atoms with van der Waals surface area (Å²) in [5.41, 5.74) is 7.88. The van der Waals surface area contributed by atoms with Gasteiger partial charge in [-0.05, 0) is 71.7 Å². The molecule has 5 aromatic rings. The van der Waals surface area contributed by atoms with Gasteiger partial charge in [0.25, 0.3) is 5.91 Å².